The minimum Gasteiger partial charge on any atom is -0.494 e. The number of carbonyl (C=O) groups excluding carboxylic acids is 2. The maximum Gasteiger partial charge on any atom is 0.254 e. The zero-order valence-corrected chi connectivity index (χ0v) is 28.7. The molecule has 7 heteroatoms. The van der Waals surface area contributed by atoms with Gasteiger partial charge in [-0.05, 0) is 87.9 Å². The normalized spacial score (nSPS) is 17.1. The van der Waals surface area contributed by atoms with Gasteiger partial charge in [-0.2, -0.15) is 0 Å². The molecule has 1 heterocycles. The molecule has 1 saturated heterocycles. The van der Waals surface area contributed by atoms with Crippen LogP contribution in [0.1, 0.15) is 62.9 Å². The van der Waals surface area contributed by atoms with Crippen LogP contribution in [0.15, 0.2) is 78.9 Å². The van der Waals surface area contributed by atoms with Gasteiger partial charge in [0, 0.05) is 37.2 Å². The van der Waals surface area contributed by atoms with E-state index in [0.29, 0.717) is 31.4 Å². The lowest BCUT2D eigenvalue weighted by atomic mass is 9.78. The van der Waals surface area contributed by atoms with E-state index in [0.717, 1.165) is 28.9 Å². The third-order valence-corrected chi connectivity index (χ3v) is 10.2. The van der Waals surface area contributed by atoms with Crippen molar-refractivity contribution in [2.75, 3.05) is 6.61 Å². The first-order valence-corrected chi connectivity index (χ1v) is 19.6. The van der Waals surface area contributed by atoms with Crippen LogP contribution >= 0.6 is 0 Å². The molecular weight excluding hydrogens is 563 g/mol. The summed E-state index contributed by atoms with van der Waals surface area (Å²) in [6.45, 7) is 16.4. The molecule has 0 aromatic heterocycles. The van der Waals surface area contributed by atoms with Gasteiger partial charge in [-0.15, -0.1) is 0 Å². The van der Waals surface area contributed by atoms with Gasteiger partial charge in [0.1, 0.15) is 11.8 Å². The molecule has 0 saturated carbocycles. The Morgan fingerprint density at radius 2 is 1.45 bits per heavy atom. The predicted molar refractivity (Wildman–Crippen MR) is 184 cm³/mol. The number of hydrogen-bond acceptors (Lipinski definition) is 4. The van der Waals surface area contributed by atoms with E-state index in [1.54, 1.807) is 4.90 Å². The van der Waals surface area contributed by atoms with E-state index in [4.69, 9.17) is 10.5 Å². The van der Waals surface area contributed by atoms with Crippen LogP contribution in [0, 0.1) is 0 Å². The number of piperidine rings is 1. The number of hydrogen-bond donors (Lipinski definition) is 2. The second-order valence-electron chi connectivity index (χ2n) is 14.9. The minimum atomic E-state index is -1.11. The molecule has 236 valence electrons. The van der Waals surface area contributed by atoms with E-state index in [2.05, 4.69) is 76.9 Å². The Bertz CT molecular complexity index is 1380. The lowest BCUT2D eigenvalue weighted by Crippen LogP contribution is -2.65. The second-order valence-corrected chi connectivity index (χ2v) is 20.5. The van der Waals surface area contributed by atoms with Gasteiger partial charge < -0.3 is 20.7 Å². The molecule has 3 aromatic rings. The monoisotopic (exact) mass is 613 g/mol. The van der Waals surface area contributed by atoms with Crippen molar-refractivity contribution >= 4 is 19.9 Å². The minimum absolute atomic E-state index is 0.174. The number of nitrogens with two attached hydrogens (primary N) is 1. The molecule has 44 heavy (non-hydrogen) atoms. The molecule has 1 fully saturated rings. The van der Waals surface area contributed by atoms with E-state index in [9.17, 15) is 9.59 Å². The van der Waals surface area contributed by atoms with Crippen molar-refractivity contribution in [2.45, 2.75) is 102 Å². The highest BCUT2D eigenvalue weighted by atomic mass is 28.3. The van der Waals surface area contributed by atoms with E-state index < -0.39 is 20.0 Å². The standard InChI is InChI=1S/C37H51N3O3Si/c1-36(2)25-31(26-37(3,4)39-36)40(35(42)30-18-20-32(21-19-30)43-22-11-23-44(5,6)7)33(34(38)41)24-27-14-16-29(17-15-27)28-12-9-8-10-13-28/h8-10,12-21,31,33,39H,11,22-26H2,1-7H3,(H2,38,41)/t33-/m0/s1. The highest BCUT2D eigenvalue weighted by Crippen LogP contribution is 2.34. The highest BCUT2D eigenvalue weighted by Gasteiger charge is 2.44. The Balaban J connectivity index is 1.60. The Morgan fingerprint density at radius 3 is 2.00 bits per heavy atom. The fourth-order valence-corrected chi connectivity index (χ4v) is 7.89. The lowest BCUT2D eigenvalue weighted by Gasteiger charge is -2.51. The highest BCUT2D eigenvalue weighted by molar-refractivity contribution is 6.76. The number of ether oxygens (including phenoxy) is 1. The van der Waals surface area contributed by atoms with Crippen molar-refractivity contribution < 1.29 is 14.3 Å². The van der Waals surface area contributed by atoms with Crippen molar-refractivity contribution in [1.82, 2.24) is 10.2 Å². The van der Waals surface area contributed by atoms with Crippen molar-refractivity contribution in [3.8, 4) is 16.9 Å². The van der Waals surface area contributed by atoms with Crippen molar-refractivity contribution in [3.05, 3.63) is 90.0 Å². The van der Waals surface area contributed by atoms with E-state index in [-0.39, 0.29) is 23.0 Å². The molecule has 3 aromatic carbocycles. The van der Waals surface area contributed by atoms with Gasteiger partial charge in [0.25, 0.3) is 5.91 Å². The number of benzene rings is 3. The third kappa shape index (κ3) is 9.29. The van der Waals surface area contributed by atoms with Crippen LogP contribution in [0.3, 0.4) is 0 Å². The summed E-state index contributed by atoms with van der Waals surface area (Å²) in [7, 11) is -1.11. The summed E-state index contributed by atoms with van der Waals surface area (Å²) in [5.41, 5.74) is 9.39. The molecule has 2 amide bonds. The van der Waals surface area contributed by atoms with Crippen molar-refractivity contribution in [3.63, 3.8) is 0 Å². The molecule has 0 spiro atoms. The van der Waals surface area contributed by atoms with E-state index in [1.807, 2.05) is 54.6 Å². The van der Waals surface area contributed by atoms with Crippen molar-refractivity contribution in [1.29, 1.82) is 0 Å². The number of nitrogens with zero attached hydrogens (tertiary/aromatic N) is 1. The Morgan fingerprint density at radius 1 is 0.886 bits per heavy atom. The van der Waals surface area contributed by atoms with Crippen LogP contribution in [-0.2, 0) is 11.2 Å². The average Bonchev–Trinajstić information content (AvgIpc) is 2.94. The van der Waals surface area contributed by atoms with Gasteiger partial charge in [0.2, 0.25) is 5.91 Å². The van der Waals surface area contributed by atoms with Gasteiger partial charge in [0.15, 0.2) is 0 Å². The molecule has 6 nitrogen and oxygen atoms in total. The first kappa shape index (κ1) is 33.5. The van der Waals surface area contributed by atoms with Crippen LogP contribution in [0.4, 0.5) is 0 Å². The van der Waals surface area contributed by atoms with E-state index in [1.165, 1.54) is 6.04 Å². The molecule has 0 radical (unpaired) electrons. The van der Waals surface area contributed by atoms with Crippen LogP contribution in [0.2, 0.25) is 25.7 Å². The molecule has 1 aliphatic heterocycles. The first-order chi connectivity index (χ1) is 20.6. The summed E-state index contributed by atoms with van der Waals surface area (Å²) in [6, 6.07) is 26.0. The number of rotatable bonds is 12. The number of nitrogens with one attached hydrogen (secondary N) is 1. The number of primary amides is 1. The maximum atomic E-state index is 14.4. The number of amides is 2. The van der Waals surface area contributed by atoms with Crippen LogP contribution < -0.4 is 15.8 Å². The fraction of sp³-hybridized carbons (Fsp3) is 0.459. The zero-order valence-electron chi connectivity index (χ0n) is 27.7. The molecule has 0 aliphatic carbocycles. The maximum absolute atomic E-state index is 14.4. The van der Waals surface area contributed by atoms with E-state index >= 15 is 0 Å². The smallest absolute Gasteiger partial charge is 0.254 e. The Hall–Kier alpha value is -3.42. The van der Waals surface area contributed by atoms with Gasteiger partial charge in [-0.3, -0.25) is 9.59 Å². The first-order valence-electron chi connectivity index (χ1n) is 15.9. The summed E-state index contributed by atoms with van der Waals surface area (Å²) in [6.07, 6.45) is 2.78. The molecule has 3 N–H and O–H groups in total. The van der Waals surface area contributed by atoms with Crippen molar-refractivity contribution in [2.24, 2.45) is 5.73 Å². The largest absolute Gasteiger partial charge is 0.494 e. The third-order valence-electron chi connectivity index (χ3n) is 8.39. The summed E-state index contributed by atoms with van der Waals surface area (Å²) in [5.74, 6) is 0.0678. The second kappa shape index (κ2) is 13.7. The van der Waals surface area contributed by atoms with Crippen LogP contribution in [0.5, 0.6) is 5.75 Å². The molecule has 0 bridgehead atoms. The fourth-order valence-electron chi connectivity index (χ4n) is 6.69. The molecule has 1 atom stereocenters. The summed E-state index contributed by atoms with van der Waals surface area (Å²) in [4.78, 5) is 29.4. The summed E-state index contributed by atoms with van der Waals surface area (Å²) in [5, 5.41) is 3.71. The average molecular weight is 614 g/mol. The predicted octanol–water partition coefficient (Wildman–Crippen LogP) is 7.31. The molecular formula is C37H51N3O3Si. The van der Waals surface area contributed by atoms with Crippen LogP contribution in [-0.4, -0.2) is 54.6 Å². The molecule has 0 unspecified atom stereocenters. The SMILES string of the molecule is CC1(C)CC(N(C(=O)c2ccc(OCCC[Si](C)(C)C)cc2)[C@@H](Cc2ccc(-c3ccccc3)cc2)C(N)=O)CC(C)(C)N1. The van der Waals surface area contributed by atoms with Gasteiger partial charge in [-0.1, -0.05) is 80.3 Å². The summed E-state index contributed by atoms with van der Waals surface area (Å²) >= 11 is 0. The number of carbonyl (C=O) groups is 2. The zero-order chi connectivity index (χ0) is 32.1. The van der Waals surface area contributed by atoms with Crippen LogP contribution in [0.25, 0.3) is 11.1 Å². The Labute approximate surface area is 265 Å². The molecule has 4 rings (SSSR count). The van der Waals surface area contributed by atoms with Gasteiger partial charge in [0.05, 0.1) is 6.61 Å². The molecule has 1 aliphatic rings. The summed E-state index contributed by atoms with van der Waals surface area (Å²) < 4.78 is 5.99. The quantitative estimate of drug-likeness (QED) is 0.166. The topological polar surface area (TPSA) is 84.7 Å². The Kier molecular flexibility index (Phi) is 10.4. The lowest BCUT2D eigenvalue weighted by molar-refractivity contribution is -0.123. The van der Waals surface area contributed by atoms with Gasteiger partial charge >= 0.3 is 0 Å². The van der Waals surface area contributed by atoms with Gasteiger partial charge in [-0.25, -0.2) is 0 Å².